The number of nitrogens with zero attached hydrogens (tertiary/aromatic N) is 2. The van der Waals surface area contributed by atoms with Crippen molar-refractivity contribution in [2.24, 2.45) is 11.8 Å². The predicted molar refractivity (Wildman–Crippen MR) is 114 cm³/mol. The number of ether oxygens (including phenoxy) is 1. The maximum Gasteiger partial charge on any atom is 0.361 e. The van der Waals surface area contributed by atoms with Crippen LogP contribution in [0.5, 0.6) is 0 Å². The fourth-order valence-electron chi connectivity index (χ4n) is 5.72. The van der Waals surface area contributed by atoms with Crippen LogP contribution in [0.15, 0.2) is 47.9 Å². The zero-order valence-corrected chi connectivity index (χ0v) is 21.4. The quantitative estimate of drug-likeness (QED) is 0.183. The molecule has 0 amide bonds. The summed E-state index contributed by atoms with van der Waals surface area (Å²) in [5.41, 5.74) is -26.3. The van der Waals surface area contributed by atoms with E-state index in [9.17, 15) is 8.78 Å². The average Bonchev–Trinajstić information content (AvgIpc) is 2.87. The van der Waals surface area contributed by atoms with Crippen LogP contribution >= 0.6 is 0 Å². The Bertz CT molecular complexity index is 1150. The number of hydrogen-bond acceptors (Lipinski definition) is 3. The van der Waals surface area contributed by atoms with Gasteiger partial charge in [-0.2, -0.15) is 26.3 Å². The summed E-state index contributed by atoms with van der Waals surface area (Å²) in [7, 11) is 0. The van der Waals surface area contributed by atoms with Crippen molar-refractivity contribution >= 4 is 0 Å². The van der Waals surface area contributed by atoms with Gasteiger partial charge in [-0.1, -0.05) is 48.8 Å². The Morgan fingerprint density at radius 1 is 0.610 bits per heavy atom. The molecule has 2 aliphatic heterocycles. The summed E-state index contributed by atoms with van der Waals surface area (Å²) >= 11 is 0. The van der Waals surface area contributed by atoms with Crippen LogP contribution in [0.3, 0.4) is 0 Å². The number of rotatable bonds is 4. The highest BCUT2D eigenvalue weighted by molar-refractivity contribution is 5.43. The number of piperidine rings is 2. The highest BCUT2D eigenvalue weighted by atomic mass is 19.3. The predicted octanol–water partition coefficient (Wildman–Crippen LogP) is 7.65. The Hall–Kier alpha value is -2.46. The molecule has 3 nitrogen and oxygen atoms in total. The lowest BCUT2D eigenvalue weighted by molar-refractivity contribution is -0.526. The summed E-state index contributed by atoms with van der Waals surface area (Å²) in [6, 6.07) is 0. The van der Waals surface area contributed by atoms with Crippen LogP contribution < -0.4 is 0 Å². The van der Waals surface area contributed by atoms with Gasteiger partial charge in [0, 0.05) is 11.8 Å². The maximum atomic E-state index is 16.6. The number of allylic oxidation sites excluding steroid dienone is 8. The van der Waals surface area contributed by atoms with Crippen molar-refractivity contribution < 1.29 is 66.4 Å². The number of hydrogen-bond donors (Lipinski definition) is 0. The molecular formula is C24H22F14N2O. The first-order chi connectivity index (χ1) is 18.4. The lowest BCUT2D eigenvalue weighted by atomic mass is 9.67. The minimum absolute atomic E-state index is 0.0579. The highest BCUT2D eigenvalue weighted by Crippen LogP contribution is 2.69. The Morgan fingerprint density at radius 3 is 1.17 bits per heavy atom. The minimum Gasteiger partial charge on any atom is -0.264 e. The van der Waals surface area contributed by atoms with Gasteiger partial charge in [-0.25, -0.2) is 26.3 Å². The van der Waals surface area contributed by atoms with Crippen LogP contribution in [0.4, 0.5) is 61.6 Å². The summed E-state index contributed by atoms with van der Waals surface area (Å²) in [4.78, 5) is 0. The van der Waals surface area contributed by atoms with Crippen molar-refractivity contribution in [3.8, 4) is 0 Å². The van der Waals surface area contributed by atoms with E-state index in [2.05, 4.69) is 4.74 Å². The van der Waals surface area contributed by atoms with E-state index in [1.54, 1.807) is 0 Å². The number of alkyl halides is 12. The second-order valence-electron chi connectivity index (χ2n) is 10.8. The SMILES string of the molecule is CC(C)C1(F)C(F)(OC2(F)N(F)C3=CC=CC(F)C3(F)C(F)(F)C2(F)C(C)C)N(F)C2=CC=CC(F)C2(F)C1(F)F. The summed E-state index contributed by atoms with van der Waals surface area (Å²) in [5, 5.41) is -4.14. The summed E-state index contributed by atoms with van der Waals surface area (Å²) < 4.78 is 224. The molecule has 232 valence electrons. The molecule has 2 aliphatic carbocycles. The van der Waals surface area contributed by atoms with Crippen LogP contribution in [-0.2, 0) is 4.74 Å². The summed E-state index contributed by atoms with van der Waals surface area (Å²) in [6.07, 6.45) is -6.53. The van der Waals surface area contributed by atoms with Gasteiger partial charge in [-0.15, -0.1) is 10.2 Å². The van der Waals surface area contributed by atoms with E-state index < -0.39 is 92.3 Å². The molecule has 0 aromatic carbocycles. The number of halogens is 14. The van der Waals surface area contributed by atoms with E-state index in [1.807, 2.05) is 0 Å². The summed E-state index contributed by atoms with van der Waals surface area (Å²) in [5.74, 6) is -29.8. The van der Waals surface area contributed by atoms with E-state index >= 15 is 52.9 Å². The zero-order valence-electron chi connectivity index (χ0n) is 21.4. The first kappa shape index (κ1) is 31.5. The third-order valence-corrected chi connectivity index (χ3v) is 8.09. The first-order valence-electron chi connectivity index (χ1n) is 12.0. The smallest absolute Gasteiger partial charge is 0.264 e. The van der Waals surface area contributed by atoms with Crippen molar-refractivity contribution in [2.75, 3.05) is 0 Å². The van der Waals surface area contributed by atoms with Crippen LogP contribution in [0, 0.1) is 11.8 Å². The molecule has 4 rings (SSSR count). The van der Waals surface area contributed by atoms with E-state index in [4.69, 9.17) is 0 Å². The fraction of sp³-hybridized carbons (Fsp3) is 0.667. The van der Waals surface area contributed by atoms with Gasteiger partial charge in [0.15, 0.2) is 12.3 Å². The summed E-state index contributed by atoms with van der Waals surface area (Å²) in [6.45, 7) is 1.21. The van der Waals surface area contributed by atoms with Gasteiger partial charge in [0.1, 0.15) is 0 Å². The Labute approximate surface area is 223 Å². The monoisotopic (exact) mass is 620 g/mol. The molecule has 0 spiro atoms. The Morgan fingerprint density at radius 2 is 0.902 bits per heavy atom. The van der Waals surface area contributed by atoms with Gasteiger partial charge < -0.3 is 0 Å². The molecule has 0 saturated carbocycles. The zero-order chi connectivity index (χ0) is 31.6. The third-order valence-electron chi connectivity index (χ3n) is 8.09. The fourth-order valence-corrected chi connectivity index (χ4v) is 5.72. The molecule has 0 aromatic rings. The number of fused-ring (bicyclic) bond motifs is 2. The highest BCUT2D eigenvalue weighted by Gasteiger charge is 2.93. The molecule has 41 heavy (non-hydrogen) atoms. The Balaban J connectivity index is 2.05. The van der Waals surface area contributed by atoms with E-state index in [-0.39, 0.29) is 24.3 Å². The first-order valence-corrected chi connectivity index (χ1v) is 12.0. The van der Waals surface area contributed by atoms with Crippen molar-refractivity contribution in [1.82, 2.24) is 10.2 Å². The van der Waals surface area contributed by atoms with Gasteiger partial charge in [-0.3, -0.25) is 4.74 Å². The molecule has 0 bridgehead atoms. The van der Waals surface area contributed by atoms with Crippen molar-refractivity contribution in [3.63, 3.8) is 0 Å². The normalized spacial score (nSPS) is 46.8. The molecule has 2 fully saturated rings. The molecular weight excluding hydrogens is 598 g/mol. The van der Waals surface area contributed by atoms with Crippen LogP contribution in [0.2, 0.25) is 0 Å². The second-order valence-corrected chi connectivity index (χ2v) is 10.8. The van der Waals surface area contributed by atoms with Gasteiger partial charge in [-0.05, 0) is 24.3 Å². The van der Waals surface area contributed by atoms with Gasteiger partial charge >= 0.3 is 23.8 Å². The molecule has 0 N–H and O–H groups in total. The second kappa shape index (κ2) is 8.56. The van der Waals surface area contributed by atoms with E-state index in [1.165, 1.54) is 0 Å². The lowest BCUT2D eigenvalue weighted by Crippen LogP contribution is -2.86. The molecule has 8 unspecified atom stereocenters. The van der Waals surface area contributed by atoms with Gasteiger partial charge in [0.2, 0.25) is 0 Å². The lowest BCUT2D eigenvalue weighted by Gasteiger charge is -2.61. The van der Waals surface area contributed by atoms with Crippen LogP contribution in [0.25, 0.3) is 0 Å². The van der Waals surface area contributed by atoms with Crippen LogP contribution in [-0.4, -0.2) is 69.1 Å². The Kier molecular flexibility index (Phi) is 6.57. The topological polar surface area (TPSA) is 15.7 Å². The van der Waals surface area contributed by atoms with Crippen molar-refractivity contribution in [1.29, 1.82) is 0 Å². The van der Waals surface area contributed by atoms with Gasteiger partial charge in [0.05, 0.1) is 11.4 Å². The van der Waals surface area contributed by atoms with E-state index in [0.717, 1.165) is 0 Å². The molecule has 0 aromatic heterocycles. The van der Waals surface area contributed by atoms with E-state index in [0.29, 0.717) is 39.8 Å². The molecule has 2 heterocycles. The average molecular weight is 620 g/mol. The standard InChI is InChI=1S/C24H22F14N2O/c1-11(2)19(29)21(31,32)17(27)13(25)7-5-9-15(17)39(37)23(19,35)41-24(36)20(30,12(3)4)22(33,34)18(28)14(26)8-6-10-16(18)40(24)38/h5-14H,1-4H3. The molecule has 0 radical (unpaired) electrons. The van der Waals surface area contributed by atoms with Gasteiger partial charge in [0.25, 0.3) is 22.7 Å². The molecule has 17 heteroatoms. The maximum absolute atomic E-state index is 16.6. The molecule has 4 aliphatic rings. The molecule has 2 saturated heterocycles. The van der Waals surface area contributed by atoms with Crippen molar-refractivity contribution in [2.45, 2.75) is 86.5 Å². The molecule has 8 atom stereocenters. The van der Waals surface area contributed by atoms with Crippen molar-refractivity contribution in [3.05, 3.63) is 47.9 Å². The largest absolute Gasteiger partial charge is 0.361 e. The third kappa shape index (κ3) is 3.01. The van der Waals surface area contributed by atoms with Crippen LogP contribution in [0.1, 0.15) is 27.7 Å². The minimum atomic E-state index is -6.12.